The van der Waals surface area contributed by atoms with Crippen LogP contribution in [-0.4, -0.2) is 16.7 Å². The van der Waals surface area contributed by atoms with Crippen LogP contribution in [0.1, 0.15) is 31.3 Å². The highest BCUT2D eigenvalue weighted by atomic mass is 79.9. The van der Waals surface area contributed by atoms with E-state index in [2.05, 4.69) is 45.3 Å². The molecule has 0 amide bonds. The summed E-state index contributed by atoms with van der Waals surface area (Å²) >= 11 is 4.74. The lowest BCUT2D eigenvalue weighted by Gasteiger charge is -2.08. The second-order valence-electron chi connectivity index (χ2n) is 4.22. The molecule has 1 unspecified atom stereocenters. The van der Waals surface area contributed by atoms with Crippen LogP contribution in [0.15, 0.2) is 22.7 Å². The molecule has 0 fully saturated rings. The first-order valence-corrected chi connectivity index (χ1v) is 7.75. The Bertz CT molecular complexity index is 559. The van der Waals surface area contributed by atoms with E-state index in [1.807, 2.05) is 6.07 Å². The third-order valence-corrected chi connectivity index (χ3v) is 4.64. The first-order chi connectivity index (χ1) is 9.13. The number of hydrogen-bond donors (Lipinski definition) is 1. The molecule has 0 radical (unpaired) electrons. The summed E-state index contributed by atoms with van der Waals surface area (Å²) in [4.78, 5) is 0. The lowest BCUT2D eigenvalue weighted by atomic mass is 10.2. The molecular formula is C13H15BrFN3S. The van der Waals surface area contributed by atoms with Gasteiger partial charge >= 0.3 is 0 Å². The van der Waals surface area contributed by atoms with Gasteiger partial charge in [0.15, 0.2) is 0 Å². The molecule has 6 heteroatoms. The van der Waals surface area contributed by atoms with Crippen molar-refractivity contribution in [3.63, 3.8) is 0 Å². The third kappa shape index (κ3) is 3.38. The standard InChI is InChI=1S/C13H15BrFN3S/c1-3-7-16-8(2)12-17-18-13(19-12)9-5-4-6-10(15)11(9)14/h4-6,8,16H,3,7H2,1-2H3. The first-order valence-electron chi connectivity index (χ1n) is 6.14. The van der Waals surface area contributed by atoms with Gasteiger partial charge in [-0.05, 0) is 41.9 Å². The van der Waals surface area contributed by atoms with Gasteiger partial charge in [0.1, 0.15) is 15.8 Å². The Balaban J connectivity index is 2.23. The minimum Gasteiger partial charge on any atom is -0.308 e. The maximum Gasteiger partial charge on any atom is 0.149 e. The average Bonchev–Trinajstić information content (AvgIpc) is 2.88. The Labute approximate surface area is 124 Å². The smallest absolute Gasteiger partial charge is 0.149 e. The van der Waals surface area contributed by atoms with E-state index in [9.17, 15) is 4.39 Å². The molecule has 1 heterocycles. The van der Waals surface area contributed by atoms with Crippen molar-refractivity contribution in [3.8, 4) is 10.6 Å². The van der Waals surface area contributed by atoms with E-state index >= 15 is 0 Å². The van der Waals surface area contributed by atoms with Gasteiger partial charge < -0.3 is 5.32 Å². The van der Waals surface area contributed by atoms with Crippen LogP contribution < -0.4 is 5.32 Å². The monoisotopic (exact) mass is 343 g/mol. The lowest BCUT2D eigenvalue weighted by molar-refractivity contribution is 0.564. The van der Waals surface area contributed by atoms with Crippen molar-refractivity contribution < 1.29 is 4.39 Å². The highest BCUT2D eigenvalue weighted by molar-refractivity contribution is 9.10. The van der Waals surface area contributed by atoms with Gasteiger partial charge in [-0.1, -0.05) is 30.4 Å². The third-order valence-electron chi connectivity index (χ3n) is 2.69. The van der Waals surface area contributed by atoms with Crippen molar-refractivity contribution in [2.24, 2.45) is 0 Å². The number of aromatic nitrogens is 2. The van der Waals surface area contributed by atoms with Crippen LogP contribution in [-0.2, 0) is 0 Å². The molecule has 3 nitrogen and oxygen atoms in total. The maximum absolute atomic E-state index is 13.5. The molecule has 1 atom stereocenters. The van der Waals surface area contributed by atoms with Crippen LogP contribution in [0.2, 0.25) is 0 Å². The quantitative estimate of drug-likeness (QED) is 0.885. The summed E-state index contributed by atoms with van der Waals surface area (Å²) < 4.78 is 13.9. The summed E-state index contributed by atoms with van der Waals surface area (Å²) in [5.74, 6) is -0.286. The maximum atomic E-state index is 13.5. The lowest BCUT2D eigenvalue weighted by Crippen LogP contribution is -2.18. The van der Waals surface area contributed by atoms with Crippen LogP contribution in [0.3, 0.4) is 0 Å². The van der Waals surface area contributed by atoms with Crippen LogP contribution in [0.4, 0.5) is 4.39 Å². The Morgan fingerprint density at radius 2 is 2.21 bits per heavy atom. The molecule has 0 aliphatic rings. The fourth-order valence-corrected chi connectivity index (χ4v) is 3.12. The van der Waals surface area contributed by atoms with E-state index in [1.54, 1.807) is 6.07 Å². The molecule has 102 valence electrons. The summed E-state index contributed by atoms with van der Waals surface area (Å²) in [6.07, 6.45) is 1.07. The van der Waals surface area contributed by atoms with Gasteiger partial charge in [0.25, 0.3) is 0 Å². The van der Waals surface area contributed by atoms with Crippen molar-refractivity contribution >= 4 is 27.3 Å². The highest BCUT2D eigenvalue weighted by Gasteiger charge is 2.15. The normalized spacial score (nSPS) is 12.6. The summed E-state index contributed by atoms with van der Waals surface area (Å²) in [7, 11) is 0. The predicted molar refractivity (Wildman–Crippen MR) is 79.7 cm³/mol. The van der Waals surface area contributed by atoms with E-state index in [0.717, 1.165) is 28.5 Å². The van der Waals surface area contributed by atoms with Crippen LogP contribution in [0.25, 0.3) is 10.6 Å². The Hall–Kier alpha value is -0.850. The van der Waals surface area contributed by atoms with Gasteiger partial charge in [0.05, 0.1) is 10.5 Å². The fraction of sp³-hybridized carbons (Fsp3) is 0.385. The first kappa shape index (κ1) is 14.6. The number of nitrogens with one attached hydrogen (secondary N) is 1. The van der Waals surface area contributed by atoms with Gasteiger partial charge in [-0.25, -0.2) is 4.39 Å². The van der Waals surface area contributed by atoms with Gasteiger partial charge in [-0.2, -0.15) is 0 Å². The average molecular weight is 344 g/mol. The molecule has 0 aliphatic heterocycles. The Kier molecular flexibility index (Phi) is 5.01. The zero-order valence-electron chi connectivity index (χ0n) is 10.8. The molecule has 2 rings (SSSR count). The number of nitrogens with zero attached hydrogens (tertiary/aromatic N) is 2. The van der Waals surface area contributed by atoms with Crippen LogP contribution in [0, 0.1) is 5.82 Å². The van der Waals surface area contributed by atoms with E-state index in [4.69, 9.17) is 0 Å². The summed E-state index contributed by atoms with van der Waals surface area (Å²) in [5, 5.41) is 13.3. The molecule has 19 heavy (non-hydrogen) atoms. The van der Waals surface area contributed by atoms with E-state index < -0.39 is 0 Å². The topological polar surface area (TPSA) is 37.8 Å². The van der Waals surface area contributed by atoms with Gasteiger partial charge in [0.2, 0.25) is 0 Å². The van der Waals surface area contributed by atoms with Gasteiger partial charge in [0, 0.05) is 5.56 Å². The van der Waals surface area contributed by atoms with Crippen molar-refractivity contribution in [2.75, 3.05) is 6.54 Å². The molecular weight excluding hydrogens is 329 g/mol. The van der Waals surface area contributed by atoms with Gasteiger partial charge in [-0.3, -0.25) is 0 Å². The molecule has 2 aromatic rings. The van der Waals surface area contributed by atoms with E-state index in [-0.39, 0.29) is 11.9 Å². The zero-order chi connectivity index (χ0) is 13.8. The molecule has 0 aliphatic carbocycles. The number of hydrogen-bond acceptors (Lipinski definition) is 4. The zero-order valence-corrected chi connectivity index (χ0v) is 13.2. The molecule has 1 N–H and O–H groups in total. The highest BCUT2D eigenvalue weighted by Crippen LogP contribution is 2.33. The second kappa shape index (κ2) is 6.54. The Morgan fingerprint density at radius 1 is 1.42 bits per heavy atom. The van der Waals surface area contributed by atoms with Crippen molar-refractivity contribution in [1.82, 2.24) is 15.5 Å². The summed E-state index contributed by atoms with van der Waals surface area (Å²) in [6, 6.07) is 5.09. The van der Waals surface area contributed by atoms with E-state index in [1.165, 1.54) is 17.4 Å². The van der Waals surface area contributed by atoms with Crippen LogP contribution >= 0.6 is 27.3 Å². The predicted octanol–water partition coefficient (Wildman–Crippen LogP) is 4.17. The minimum atomic E-state index is -0.286. The van der Waals surface area contributed by atoms with Crippen molar-refractivity contribution in [3.05, 3.63) is 33.5 Å². The number of benzene rings is 1. The molecule has 1 aromatic heterocycles. The Morgan fingerprint density at radius 3 is 2.95 bits per heavy atom. The van der Waals surface area contributed by atoms with Crippen LogP contribution in [0.5, 0.6) is 0 Å². The SMILES string of the molecule is CCCNC(C)c1nnc(-c2cccc(F)c2Br)s1. The summed E-state index contributed by atoms with van der Waals surface area (Å²) in [5.41, 5.74) is 0.742. The number of rotatable bonds is 5. The molecule has 1 aromatic carbocycles. The molecule has 0 saturated heterocycles. The van der Waals surface area contributed by atoms with E-state index in [0.29, 0.717) is 4.47 Å². The molecule has 0 saturated carbocycles. The minimum absolute atomic E-state index is 0.165. The molecule has 0 bridgehead atoms. The largest absolute Gasteiger partial charge is 0.308 e. The van der Waals surface area contributed by atoms with Gasteiger partial charge in [-0.15, -0.1) is 10.2 Å². The van der Waals surface area contributed by atoms with Crippen molar-refractivity contribution in [1.29, 1.82) is 0 Å². The van der Waals surface area contributed by atoms with Crippen molar-refractivity contribution in [2.45, 2.75) is 26.3 Å². The fourth-order valence-electron chi connectivity index (χ4n) is 1.64. The molecule has 0 spiro atoms. The summed E-state index contributed by atoms with van der Waals surface area (Å²) in [6.45, 7) is 5.12. The number of halogens is 2. The second-order valence-corrected chi connectivity index (χ2v) is 6.02.